The standard InChI is InChI=1S/C21H20BrN3O3S/c1-4-28-15-7-5-6-14(12-15)25-20(27)16(19(26)23-21(25)29)10-13-8-9-18(24(2)3)17(22)11-13/h5-12H,4H2,1-3H3,(H,23,26,29). The van der Waals surface area contributed by atoms with Crippen molar-refractivity contribution >= 4 is 62.5 Å². The Morgan fingerprint density at radius 3 is 2.62 bits per heavy atom. The molecule has 2 aromatic carbocycles. The van der Waals surface area contributed by atoms with Crippen LogP contribution in [0.2, 0.25) is 0 Å². The maximum absolute atomic E-state index is 13.1. The highest BCUT2D eigenvalue weighted by Gasteiger charge is 2.34. The van der Waals surface area contributed by atoms with Crippen molar-refractivity contribution in [2.45, 2.75) is 6.92 Å². The van der Waals surface area contributed by atoms with Gasteiger partial charge in [0.05, 0.1) is 18.0 Å². The van der Waals surface area contributed by atoms with Gasteiger partial charge in [-0.15, -0.1) is 0 Å². The Hall–Kier alpha value is -2.71. The first-order chi connectivity index (χ1) is 13.8. The minimum atomic E-state index is -0.523. The monoisotopic (exact) mass is 473 g/mol. The second-order valence-electron chi connectivity index (χ2n) is 6.49. The Bertz CT molecular complexity index is 1020. The summed E-state index contributed by atoms with van der Waals surface area (Å²) in [4.78, 5) is 28.9. The van der Waals surface area contributed by atoms with E-state index in [1.165, 1.54) is 4.90 Å². The lowest BCUT2D eigenvalue weighted by Gasteiger charge is -2.29. The van der Waals surface area contributed by atoms with Crippen molar-refractivity contribution in [3.8, 4) is 5.75 Å². The number of carbonyl (C=O) groups is 2. The highest BCUT2D eigenvalue weighted by Crippen LogP contribution is 2.29. The summed E-state index contributed by atoms with van der Waals surface area (Å²) in [7, 11) is 3.87. The van der Waals surface area contributed by atoms with Crippen molar-refractivity contribution in [3.63, 3.8) is 0 Å². The molecule has 1 fully saturated rings. The molecule has 1 aliphatic heterocycles. The van der Waals surface area contributed by atoms with E-state index >= 15 is 0 Å². The van der Waals surface area contributed by atoms with E-state index in [1.807, 2.05) is 44.1 Å². The summed E-state index contributed by atoms with van der Waals surface area (Å²) in [6.07, 6.45) is 1.56. The fourth-order valence-corrected chi connectivity index (χ4v) is 3.95. The maximum atomic E-state index is 13.1. The zero-order valence-electron chi connectivity index (χ0n) is 16.2. The fraction of sp³-hybridized carbons (Fsp3) is 0.190. The summed E-state index contributed by atoms with van der Waals surface area (Å²) >= 11 is 8.77. The molecule has 1 saturated heterocycles. The molecule has 3 rings (SSSR count). The minimum absolute atomic E-state index is 0.00455. The number of thiocarbonyl (C=S) groups is 1. The molecule has 0 atom stereocenters. The Kier molecular flexibility index (Phi) is 6.34. The van der Waals surface area contributed by atoms with Gasteiger partial charge in [0.25, 0.3) is 11.8 Å². The van der Waals surface area contributed by atoms with Crippen LogP contribution in [-0.2, 0) is 9.59 Å². The van der Waals surface area contributed by atoms with E-state index in [9.17, 15) is 9.59 Å². The first kappa shape index (κ1) is 21.0. The van der Waals surface area contributed by atoms with Crippen LogP contribution >= 0.6 is 28.1 Å². The van der Waals surface area contributed by atoms with Crippen LogP contribution in [0.25, 0.3) is 6.08 Å². The Morgan fingerprint density at radius 1 is 1.21 bits per heavy atom. The van der Waals surface area contributed by atoms with E-state index in [-0.39, 0.29) is 10.7 Å². The number of hydrogen-bond donors (Lipinski definition) is 1. The summed E-state index contributed by atoms with van der Waals surface area (Å²) in [6, 6.07) is 12.6. The third kappa shape index (κ3) is 4.49. The first-order valence-corrected chi connectivity index (χ1v) is 10.1. The van der Waals surface area contributed by atoms with E-state index in [4.69, 9.17) is 17.0 Å². The van der Waals surface area contributed by atoms with Crippen LogP contribution in [-0.4, -0.2) is 37.6 Å². The molecule has 1 heterocycles. The van der Waals surface area contributed by atoms with Crippen LogP contribution in [0.1, 0.15) is 12.5 Å². The van der Waals surface area contributed by atoms with Crippen molar-refractivity contribution in [2.75, 3.05) is 30.5 Å². The van der Waals surface area contributed by atoms with Crippen molar-refractivity contribution in [1.29, 1.82) is 0 Å². The van der Waals surface area contributed by atoms with Crippen LogP contribution in [0.15, 0.2) is 52.5 Å². The molecule has 0 aliphatic carbocycles. The van der Waals surface area contributed by atoms with E-state index in [0.29, 0.717) is 18.0 Å². The van der Waals surface area contributed by atoms with Crippen LogP contribution in [0.3, 0.4) is 0 Å². The lowest BCUT2D eigenvalue weighted by Crippen LogP contribution is -2.54. The molecule has 0 aromatic heterocycles. The van der Waals surface area contributed by atoms with Crippen LogP contribution in [0.5, 0.6) is 5.75 Å². The molecule has 0 radical (unpaired) electrons. The number of nitrogens with zero attached hydrogens (tertiary/aromatic N) is 2. The van der Waals surface area contributed by atoms with E-state index in [0.717, 1.165) is 15.7 Å². The summed E-state index contributed by atoms with van der Waals surface area (Å²) < 4.78 is 6.36. The van der Waals surface area contributed by atoms with Gasteiger partial charge in [0.1, 0.15) is 11.3 Å². The summed E-state index contributed by atoms with van der Waals surface area (Å²) in [5.41, 5.74) is 2.24. The van der Waals surface area contributed by atoms with E-state index < -0.39 is 11.8 Å². The van der Waals surface area contributed by atoms with Gasteiger partial charge < -0.3 is 9.64 Å². The molecule has 8 heteroatoms. The van der Waals surface area contributed by atoms with Crippen molar-refractivity contribution in [1.82, 2.24) is 5.32 Å². The quantitative estimate of drug-likeness (QED) is 0.407. The number of nitrogens with one attached hydrogen (secondary N) is 1. The smallest absolute Gasteiger partial charge is 0.270 e. The summed E-state index contributed by atoms with van der Waals surface area (Å²) in [6.45, 7) is 2.38. The highest BCUT2D eigenvalue weighted by molar-refractivity contribution is 9.10. The van der Waals surface area contributed by atoms with Crippen LogP contribution in [0, 0.1) is 0 Å². The number of benzene rings is 2. The second kappa shape index (κ2) is 8.75. The van der Waals surface area contributed by atoms with Gasteiger partial charge in [-0.1, -0.05) is 12.1 Å². The third-order valence-corrected chi connectivity index (χ3v) is 5.17. The van der Waals surface area contributed by atoms with E-state index in [1.54, 1.807) is 30.3 Å². The number of hydrogen-bond acceptors (Lipinski definition) is 5. The Morgan fingerprint density at radius 2 is 1.97 bits per heavy atom. The highest BCUT2D eigenvalue weighted by atomic mass is 79.9. The molecule has 6 nitrogen and oxygen atoms in total. The average molecular weight is 474 g/mol. The molecule has 0 bridgehead atoms. The molecule has 2 amide bonds. The zero-order chi connectivity index (χ0) is 21.1. The Balaban J connectivity index is 1.98. The Labute approximate surface area is 183 Å². The second-order valence-corrected chi connectivity index (χ2v) is 7.73. The number of halogens is 1. The predicted octanol–water partition coefficient (Wildman–Crippen LogP) is 3.75. The lowest BCUT2D eigenvalue weighted by molar-refractivity contribution is -0.122. The van der Waals surface area contributed by atoms with E-state index in [2.05, 4.69) is 21.2 Å². The number of carbonyl (C=O) groups excluding carboxylic acids is 2. The SMILES string of the molecule is CCOc1cccc(N2C(=O)C(=Cc3ccc(N(C)C)c(Br)c3)C(=O)NC2=S)c1. The van der Waals surface area contributed by atoms with Crippen molar-refractivity contribution in [3.05, 3.63) is 58.1 Å². The topological polar surface area (TPSA) is 61.9 Å². The van der Waals surface area contributed by atoms with Gasteiger partial charge in [0.2, 0.25) is 0 Å². The van der Waals surface area contributed by atoms with Crippen LogP contribution < -0.4 is 19.9 Å². The molecular formula is C21H20BrN3O3S. The molecule has 0 saturated carbocycles. The van der Waals surface area contributed by atoms with Gasteiger partial charge in [-0.25, -0.2) is 0 Å². The van der Waals surface area contributed by atoms with Gasteiger partial charge in [0.15, 0.2) is 5.11 Å². The molecule has 0 unspecified atom stereocenters. The molecule has 1 N–H and O–H groups in total. The molecular weight excluding hydrogens is 454 g/mol. The van der Waals surface area contributed by atoms with Gasteiger partial charge in [-0.05, 0) is 71.0 Å². The lowest BCUT2D eigenvalue weighted by atomic mass is 10.1. The number of amides is 2. The van der Waals surface area contributed by atoms with Gasteiger partial charge in [-0.2, -0.15) is 0 Å². The molecule has 2 aromatic rings. The molecule has 1 aliphatic rings. The van der Waals surface area contributed by atoms with Gasteiger partial charge in [0, 0.05) is 24.6 Å². The van der Waals surface area contributed by atoms with Crippen molar-refractivity contribution in [2.24, 2.45) is 0 Å². The normalized spacial score (nSPS) is 15.5. The average Bonchev–Trinajstić information content (AvgIpc) is 2.65. The molecule has 150 valence electrons. The largest absolute Gasteiger partial charge is 0.494 e. The number of anilines is 2. The number of rotatable bonds is 5. The first-order valence-electron chi connectivity index (χ1n) is 8.93. The van der Waals surface area contributed by atoms with Gasteiger partial charge >= 0.3 is 0 Å². The molecule has 0 spiro atoms. The molecule has 29 heavy (non-hydrogen) atoms. The predicted molar refractivity (Wildman–Crippen MR) is 122 cm³/mol. The summed E-state index contributed by atoms with van der Waals surface area (Å²) in [5.74, 6) is -0.392. The van der Waals surface area contributed by atoms with Gasteiger partial charge in [-0.3, -0.25) is 19.8 Å². The fourth-order valence-electron chi connectivity index (χ4n) is 2.91. The van der Waals surface area contributed by atoms with Crippen molar-refractivity contribution < 1.29 is 14.3 Å². The number of ether oxygens (including phenoxy) is 1. The zero-order valence-corrected chi connectivity index (χ0v) is 18.6. The maximum Gasteiger partial charge on any atom is 0.270 e. The summed E-state index contributed by atoms with van der Waals surface area (Å²) in [5, 5.41) is 2.63. The minimum Gasteiger partial charge on any atom is -0.494 e. The third-order valence-electron chi connectivity index (χ3n) is 4.25. The van der Waals surface area contributed by atoms with Crippen LogP contribution in [0.4, 0.5) is 11.4 Å².